The molecule has 1 unspecified atom stereocenters. The Bertz CT molecular complexity index is 515. The smallest absolute Gasteiger partial charge is 0.324 e. The minimum Gasteiger partial charge on any atom is -0.507 e. The molecule has 0 radical (unpaired) electrons. The number of hydrogen-bond donors (Lipinski definition) is 1. The van der Waals surface area contributed by atoms with Gasteiger partial charge >= 0.3 is 5.97 Å². The van der Waals surface area contributed by atoms with E-state index in [1.54, 1.807) is 6.92 Å². The number of carbonyl (C=O) groups excluding carboxylic acids is 1. The third-order valence-electron chi connectivity index (χ3n) is 3.53. The lowest BCUT2D eigenvalue weighted by Crippen LogP contribution is -2.19. The Balaban J connectivity index is 3.51. The zero-order valence-corrected chi connectivity index (χ0v) is 16.2. The molecule has 0 fully saturated rings. The maximum atomic E-state index is 12.0. The first-order chi connectivity index (χ1) is 9.89. The number of hydrogen-bond acceptors (Lipinski definition) is 3. The fraction of sp³-hybridized carbons (Fsp3) is 0.611. The fourth-order valence-electron chi connectivity index (χ4n) is 2.30. The van der Waals surface area contributed by atoms with Crippen molar-refractivity contribution in [1.29, 1.82) is 0 Å². The summed E-state index contributed by atoms with van der Waals surface area (Å²) in [5, 5.41) is 10.7. The van der Waals surface area contributed by atoms with Gasteiger partial charge in [-0.25, -0.2) is 0 Å². The average Bonchev–Trinajstić information content (AvgIpc) is 2.35. The highest BCUT2D eigenvalue weighted by molar-refractivity contribution is 9.09. The number of rotatable bonds is 3. The van der Waals surface area contributed by atoms with Crippen LogP contribution in [0, 0.1) is 0 Å². The molecule has 1 rings (SSSR count). The standard InChI is InChI=1S/C18H27BrO3/c1-8-22-16(21)14(19)11-9-12(17(2,3)4)15(20)13(10-11)18(5,6)7/h9-10,14,20H,8H2,1-7H3. The molecule has 1 aromatic carbocycles. The molecule has 0 saturated heterocycles. The van der Waals surface area contributed by atoms with E-state index >= 15 is 0 Å². The Morgan fingerprint density at radius 1 is 1.14 bits per heavy atom. The molecule has 0 spiro atoms. The van der Waals surface area contributed by atoms with Crippen molar-refractivity contribution < 1.29 is 14.6 Å². The molecular formula is C18H27BrO3. The Kier molecular flexibility index (Phi) is 5.71. The van der Waals surface area contributed by atoms with Gasteiger partial charge in [-0.3, -0.25) is 4.79 Å². The van der Waals surface area contributed by atoms with Gasteiger partial charge in [-0.2, -0.15) is 0 Å². The summed E-state index contributed by atoms with van der Waals surface area (Å²) in [5.41, 5.74) is 2.04. The summed E-state index contributed by atoms with van der Waals surface area (Å²) in [6.07, 6.45) is 0. The topological polar surface area (TPSA) is 46.5 Å². The number of phenols is 1. The van der Waals surface area contributed by atoms with Crippen LogP contribution in [-0.4, -0.2) is 17.7 Å². The zero-order chi connectivity index (χ0) is 17.3. The normalized spacial score (nSPS) is 13.8. The molecule has 1 N–H and O–H groups in total. The zero-order valence-electron chi connectivity index (χ0n) is 14.6. The van der Waals surface area contributed by atoms with E-state index in [0.29, 0.717) is 12.4 Å². The highest BCUT2D eigenvalue weighted by Gasteiger charge is 2.29. The van der Waals surface area contributed by atoms with Crippen LogP contribution in [0.15, 0.2) is 12.1 Å². The van der Waals surface area contributed by atoms with Gasteiger partial charge in [0.25, 0.3) is 0 Å². The van der Waals surface area contributed by atoms with Gasteiger partial charge in [0.2, 0.25) is 0 Å². The molecule has 0 saturated carbocycles. The summed E-state index contributed by atoms with van der Waals surface area (Å²) in [5.74, 6) is 0.000201. The van der Waals surface area contributed by atoms with Crippen LogP contribution in [0.2, 0.25) is 0 Å². The van der Waals surface area contributed by atoms with Crippen LogP contribution < -0.4 is 0 Å². The number of aromatic hydroxyl groups is 1. The number of halogens is 1. The SMILES string of the molecule is CCOC(=O)C(Br)c1cc(C(C)(C)C)c(O)c(C(C)(C)C)c1. The minimum absolute atomic E-state index is 0.221. The van der Waals surface area contributed by atoms with Crippen LogP contribution >= 0.6 is 15.9 Å². The second kappa shape index (κ2) is 6.61. The van der Waals surface area contributed by atoms with Gasteiger partial charge in [0.1, 0.15) is 10.6 Å². The summed E-state index contributed by atoms with van der Waals surface area (Å²) in [6, 6.07) is 3.78. The van der Waals surface area contributed by atoms with Crippen molar-refractivity contribution in [2.45, 2.75) is 64.1 Å². The molecule has 0 aliphatic rings. The summed E-state index contributed by atoms with van der Waals surface area (Å²) >= 11 is 3.42. The second-order valence-corrected chi connectivity index (χ2v) is 8.49. The van der Waals surface area contributed by atoms with Gasteiger partial charge in [0, 0.05) is 0 Å². The number of esters is 1. The lowest BCUT2D eigenvalue weighted by atomic mass is 9.78. The summed E-state index contributed by atoms with van der Waals surface area (Å²) in [7, 11) is 0. The van der Waals surface area contributed by atoms with Crippen LogP contribution in [0.1, 0.15) is 70.0 Å². The fourth-order valence-corrected chi connectivity index (χ4v) is 2.69. The molecule has 0 bridgehead atoms. The van der Waals surface area contributed by atoms with Crippen molar-refractivity contribution >= 4 is 21.9 Å². The van der Waals surface area contributed by atoms with Crippen molar-refractivity contribution in [3.05, 3.63) is 28.8 Å². The lowest BCUT2D eigenvalue weighted by Gasteiger charge is -2.28. The summed E-state index contributed by atoms with van der Waals surface area (Å²) in [6.45, 7) is 14.4. The van der Waals surface area contributed by atoms with E-state index < -0.39 is 4.83 Å². The Hall–Kier alpha value is -1.03. The second-order valence-electron chi connectivity index (χ2n) is 7.58. The number of benzene rings is 1. The van der Waals surface area contributed by atoms with Crippen molar-refractivity contribution in [1.82, 2.24) is 0 Å². The maximum absolute atomic E-state index is 12.0. The third kappa shape index (κ3) is 4.25. The van der Waals surface area contributed by atoms with E-state index in [1.165, 1.54) is 0 Å². The molecule has 124 valence electrons. The van der Waals surface area contributed by atoms with Crippen molar-refractivity contribution in [3.63, 3.8) is 0 Å². The molecule has 22 heavy (non-hydrogen) atoms. The maximum Gasteiger partial charge on any atom is 0.324 e. The van der Waals surface area contributed by atoms with Gasteiger partial charge in [0.15, 0.2) is 0 Å². The van der Waals surface area contributed by atoms with Crippen molar-refractivity contribution in [3.8, 4) is 5.75 Å². The molecule has 1 aromatic rings. The van der Waals surface area contributed by atoms with Crippen molar-refractivity contribution in [2.24, 2.45) is 0 Å². The molecule has 0 aromatic heterocycles. The van der Waals surface area contributed by atoms with Gasteiger partial charge in [-0.1, -0.05) is 57.5 Å². The molecule has 0 aliphatic heterocycles. The quantitative estimate of drug-likeness (QED) is 0.602. The van der Waals surface area contributed by atoms with E-state index in [4.69, 9.17) is 4.74 Å². The highest BCUT2D eigenvalue weighted by Crippen LogP contribution is 2.42. The van der Waals surface area contributed by atoms with Crippen LogP contribution in [0.3, 0.4) is 0 Å². The van der Waals surface area contributed by atoms with Crippen LogP contribution in [0.4, 0.5) is 0 Å². The predicted octanol–water partition coefficient (Wildman–Crippen LogP) is 4.99. The van der Waals surface area contributed by atoms with Crippen LogP contribution in [-0.2, 0) is 20.4 Å². The largest absolute Gasteiger partial charge is 0.507 e. The van der Waals surface area contributed by atoms with Gasteiger partial charge in [-0.05, 0) is 46.6 Å². The minimum atomic E-state index is -0.532. The first kappa shape index (κ1) is 19.0. The highest BCUT2D eigenvalue weighted by atomic mass is 79.9. The Labute approximate surface area is 142 Å². The number of carbonyl (C=O) groups is 1. The number of alkyl halides is 1. The van der Waals surface area contributed by atoms with E-state index in [2.05, 4.69) is 15.9 Å². The van der Waals surface area contributed by atoms with Gasteiger partial charge in [-0.15, -0.1) is 0 Å². The molecule has 0 amide bonds. The van der Waals surface area contributed by atoms with E-state index in [1.807, 2.05) is 53.7 Å². The van der Waals surface area contributed by atoms with E-state index in [-0.39, 0.29) is 16.8 Å². The average molecular weight is 371 g/mol. The monoisotopic (exact) mass is 370 g/mol. The summed E-state index contributed by atoms with van der Waals surface area (Å²) in [4.78, 5) is 11.5. The third-order valence-corrected chi connectivity index (χ3v) is 4.44. The first-order valence-corrected chi connectivity index (χ1v) is 8.49. The molecule has 3 nitrogen and oxygen atoms in total. The number of ether oxygens (including phenoxy) is 1. The van der Waals surface area contributed by atoms with Crippen LogP contribution in [0.25, 0.3) is 0 Å². The lowest BCUT2D eigenvalue weighted by molar-refractivity contribution is -0.142. The van der Waals surface area contributed by atoms with Gasteiger partial charge < -0.3 is 9.84 Å². The van der Waals surface area contributed by atoms with Crippen LogP contribution in [0.5, 0.6) is 5.75 Å². The Morgan fingerprint density at radius 2 is 1.55 bits per heavy atom. The summed E-state index contributed by atoms with van der Waals surface area (Å²) < 4.78 is 5.09. The molecule has 0 aliphatic carbocycles. The molecule has 0 heterocycles. The van der Waals surface area contributed by atoms with E-state index in [9.17, 15) is 9.90 Å². The predicted molar refractivity (Wildman–Crippen MR) is 93.8 cm³/mol. The molecule has 1 atom stereocenters. The first-order valence-electron chi connectivity index (χ1n) is 7.58. The molecular weight excluding hydrogens is 344 g/mol. The van der Waals surface area contributed by atoms with E-state index in [0.717, 1.165) is 16.7 Å². The van der Waals surface area contributed by atoms with Crippen molar-refractivity contribution in [2.75, 3.05) is 6.61 Å². The molecule has 4 heteroatoms. The Morgan fingerprint density at radius 3 is 1.86 bits per heavy atom. The number of phenolic OH excluding ortho intramolecular Hbond substituents is 1. The van der Waals surface area contributed by atoms with Gasteiger partial charge in [0.05, 0.1) is 6.61 Å².